The van der Waals surface area contributed by atoms with Gasteiger partial charge in [0.1, 0.15) is 0 Å². The monoisotopic (exact) mass is 354 g/mol. The molecule has 2 atom stereocenters. The lowest BCUT2D eigenvalue weighted by Crippen LogP contribution is -2.40. The molecule has 0 saturated heterocycles. The van der Waals surface area contributed by atoms with E-state index < -0.39 is 10.0 Å². The van der Waals surface area contributed by atoms with Crippen LogP contribution >= 0.6 is 0 Å². The van der Waals surface area contributed by atoms with Crippen LogP contribution in [0.15, 0.2) is 24.3 Å². The highest BCUT2D eigenvalue weighted by molar-refractivity contribution is 7.88. The molecule has 1 aromatic carbocycles. The molecule has 1 N–H and O–H groups in total. The van der Waals surface area contributed by atoms with Gasteiger partial charge in [0.25, 0.3) is 0 Å². The number of rotatable bonds is 8. The van der Waals surface area contributed by atoms with Crippen molar-refractivity contribution in [2.24, 2.45) is 5.92 Å². The summed E-state index contributed by atoms with van der Waals surface area (Å²) in [6, 6.07) is 8.16. The van der Waals surface area contributed by atoms with Crippen molar-refractivity contribution < 1.29 is 13.2 Å². The van der Waals surface area contributed by atoms with Gasteiger partial charge in [0.2, 0.25) is 15.9 Å². The van der Waals surface area contributed by atoms with Gasteiger partial charge >= 0.3 is 0 Å². The van der Waals surface area contributed by atoms with Crippen LogP contribution in [0.4, 0.5) is 0 Å². The van der Waals surface area contributed by atoms with Crippen molar-refractivity contribution in [3.05, 3.63) is 35.4 Å². The molecule has 0 aromatic heterocycles. The molecule has 0 saturated carbocycles. The first-order valence-electron chi connectivity index (χ1n) is 8.36. The van der Waals surface area contributed by atoms with Gasteiger partial charge in [-0.25, -0.2) is 8.42 Å². The molecule has 0 unspecified atom stereocenters. The standard InChI is InChI=1S/C18H30N2O3S/c1-7-14(4)15-8-10-16(11-9-15)18(13(2)3)19-17(21)12-20(5)24(6,22)23/h8-11,13-14,18H,7,12H2,1-6H3,(H,19,21)/t14-,18-/m1/s1. The summed E-state index contributed by atoms with van der Waals surface area (Å²) in [7, 11) is -1.96. The zero-order valence-corrected chi connectivity index (χ0v) is 16.4. The normalized spacial score (nSPS) is 14.7. The van der Waals surface area contributed by atoms with Crippen LogP contribution in [0.3, 0.4) is 0 Å². The number of nitrogens with one attached hydrogen (secondary N) is 1. The number of hydrogen-bond acceptors (Lipinski definition) is 3. The van der Waals surface area contributed by atoms with E-state index in [1.807, 2.05) is 26.0 Å². The van der Waals surface area contributed by atoms with Crippen LogP contribution < -0.4 is 5.32 Å². The Morgan fingerprint density at radius 3 is 2.04 bits per heavy atom. The largest absolute Gasteiger partial charge is 0.348 e. The fourth-order valence-corrected chi connectivity index (χ4v) is 2.79. The number of sulfonamides is 1. The van der Waals surface area contributed by atoms with Gasteiger partial charge < -0.3 is 5.32 Å². The van der Waals surface area contributed by atoms with Crippen molar-refractivity contribution in [3.63, 3.8) is 0 Å². The summed E-state index contributed by atoms with van der Waals surface area (Å²) in [4.78, 5) is 12.2. The number of benzene rings is 1. The molecule has 1 amide bonds. The maximum absolute atomic E-state index is 12.2. The Morgan fingerprint density at radius 2 is 1.62 bits per heavy atom. The fourth-order valence-electron chi connectivity index (χ4n) is 2.44. The van der Waals surface area contributed by atoms with E-state index in [4.69, 9.17) is 0 Å². The molecule has 0 heterocycles. The highest BCUT2D eigenvalue weighted by atomic mass is 32.2. The first kappa shape index (κ1) is 20.6. The predicted molar refractivity (Wildman–Crippen MR) is 98.3 cm³/mol. The number of carbonyl (C=O) groups is 1. The first-order chi connectivity index (χ1) is 11.1. The molecule has 0 aliphatic heterocycles. The summed E-state index contributed by atoms with van der Waals surface area (Å²) in [6.07, 6.45) is 2.18. The number of nitrogens with zero attached hydrogens (tertiary/aromatic N) is 1. The summed E-state index contributed by atoms with van der Waals surface area (Å²) in [5.41, 5.74) is 2.32. The Morgan fingerprint density at radius 1 is 1.12 bits per heavy atom. The van der Waals surface area contributed by atoms with Gasteiger partial charge in [-0.15, -0.1) is 0 Å². The van der Waals surface area contributed by atoms with Crippen LogP contribution in [0.2, 0.25) is 0 Å². The van der Waals surface area contributed by atoms with E-state index >= 15 is 0 Å². The summed E-state index contributed by atoms with van der Waals surface area (Å²) in [5, 5.41) is 2.95. The Balaban J connectivity index is 2.86. The van der Waals surface area contributed by atoms with Crippen molar-refractivity contribution in [1.82, 2.24) is 9.62 Å². The molecule has 6 heteroatoms. The zero-order valence-electron chi connectivity index (χ0n) is 15.5. The van der Waals surface area contributed by atoms with Crippen LogP contribution in [0.25, 0.3) is 0 Å². The van der Waals surface area contributed by atoms with E-state index in [0.717, 1.165) is 22.5 Å². The average molecular weight is 355 g/mol. The molecule has 5 nitrogen and oxygen atoms in total. The van der Waals surface area contributed by atoms with Gasteiger partial charge in [0.15, 0.2) is 0 Å². The van der Waals surface area contributed by atoms with E-state index in [2.05, 4.69) is 31.3 Å². The van der Waals surface area contributed by atoms with E-state index in [1.54, 1.807) is 0 Å². The Hall–Kier alpha value is -1.40. The van der Waals surface area contributed by atoms with Gasteiger partial charge in [-0.05, 0) is 29.4 Å². The number of likely N-dealkylation sites (N-methyl/N-ethyl adjacent to an activating group) is 1. The molecule has 24 heavy (non-hydrogen) atoms. The minimum atomic E-state index is -3.36. The summed E-state index contributed by atoms with van der Waals surface area (Å²) in [6.45, 7) is 8.25. The SMILES string of the molecule is CC[C@@H](C)c1ccc([C@H](NC(=O)CN(C)S(C)(=O)=O)C(C)C)cc1. The van der Waals surface area contributed by atoms with Gasteiger partial charge in [-0.1, -0.05) is 52.0 Å². The third-order valence-corrected chi connectivity index (χ3v) is 5.65. The third kappa shape index (κ3) is 5.91. The molecular formula is C18H30N2O3S. The van der Waals surface area contributed by atoms with E-state index in [0.29, 0.717) is 5.92 Å². The van der Waals surface area contributed by atoms with Crippen molar-refractivity contribution in [3.8, 4) is 0 Å². The predicted octanol–water partition coefficient (Wildman–Crippen LogP) is 2.90. The molecule has 136 valence electrons. The molecule has 0 fully saturated rings. The Labute approximate surface area is 146 Å². The van der Waals surface area contributed by atoms with Crippen LogP contribution in [-0.4, -0.2) is 38.5 Å². The second-order valence-corrected chi connectivity index (χ2v) is 8.87. The fraction of sp³-hybridized carbons (Fsp3) is 0.611. The zero-order chi connectivity index (χ0) is 18.5. The van der Waals surface area contributed by atoms with Crippen molar-refractivity contribution in [2.45, 2.75) is 46.1 Å². The maximum Gasteiger partial charge on any atom is 0.235 e. The molecular weight excluding hydrogens is 324 g/mol. The average Bonchev–Trinajstić information content (AvgIpc) is 2.50. The second kappa shape index (κ2) is 8.62. The highest BCUT2D eigenvalue weighted by Crippen LogP contribution is 2.25. The number of hydrogen-bond donors (Lipinski definition) is 1. The minimum absolute atomic E-state index is 0.142. The van der Waals surface area contributed by atoms with Crippen LogP contribution in [0.1, 0.15) is 57.2 Å². The van der Waals surface area contributed by atoms with E-state index in [-0.39, 0.29) is 24.4 Å². The van der Waals surface area contributed by atoms with Crippen LogP contribution in [-0.2, 0) is 14.8 Å². The van der Waals surface area contributed by atoms with Gasteiger partial charge in [-0.3, -0.25) is 4.79 Å². The quantitative estimate of drug-likeness (QED) is 0.780. The smallest absolute Gasteiger partial charge is 0.235 e. The molecule has 1 aromatic rings. The number of amides is 1. The van der Waals surface area contributed by atoms with Crippen molar-refractivity contribution in [2.75, 3.05) is 19.8 Å². The summed E-state index contributed by atoms with van der Waals surface area (Å²) in [5.74, 6) is 0.411. The molecule has 0 bridgehead atoms. The molecule has 0 aliphatic rings. The summed E-state index contributed by atoms with van der Waals surface area (Å²) < 4.78 is 23.9. The Bertz CT molecular complexity index is 639. The lowest BCUT2D eigenvalue weighted by molar-refractivity contribution is -0.122. The van der Waals surface area contributed by atoms with Crippen molar-refractivity contribution in [1.29, 1.82) is 0 Å². The molecule has 1 rings (SSSR count). The van der Waals surface area contributed by atoms with Crippen LogP contribution in [0.5, 0.6) is 0 Å². The second-order valence-electron chi connectivity index (χ2n) is 6.78. The molecule has 0 aliphatic carbocycles. The Kier molecular flexibility index (Phi) is 7.42. The van der Waals surface area contributed by atoms with Gasteiger partial charge in [-0.2, -0.15) is 4.31 Å². The minimum Gasteiger partial charge on any atom is -0.348 e. The number of carbonyl (C=O) groups excluding carboxylic acids is 1. The van der Waals surface area contributed by atoms with E-state index in [1.165, 1.54) is 12.6 Å². The van der Waals surface area contributed by atoms with Gasteiger partial charge in [0.05, 0.1) is 18.8 Å². The third-order valence-electron chi connectivity index (χ3n) is 4.39. The lowest BCUT2D eigenvalue weighted by Gasteiger charge is -2.24. The lowest BCUT2D eigenvalue weighted by atomic mass is 9.92. The van der Waals surface area contributed by atoms with Gasteiger partial charge in [0, 0.05) is 7.05 Å². The highest BCUT2D eigenvalue weighted by Gasteiger charge is 2.21. The first-order valence-corrected chi connectivity index (χ1v) is 10.2. The van der Waals surface area contributed by atoms with Crippen LogP contribution in [0, 0.1) is 5.92 Å². The molecule has 0 radical (unpaired) electrons. The summed E-state index contributed by atoms with van der Waals surface area (Å²) >= 11 is 0. The topological polar surface area (TPSA) is 66.5 Å². The maximum atomic E-state index is 12.2. The molecule has 0 spiro atoms. The van der Waals surface area contributed by atoms with Crippen molar-refractivity contribution >= 4 is 15.9 Å². The van der Waals surface area contributed by atoms with E-state index in [9.17, 15) is 13.2 Å².